The van der Waals surface area contributed by atoms with E-state index in [1.165, 1.54) is 17.2 Å². The van der Waals surface area contributed by atoms with Gasteiger partial charge < -0.3 is 20.3 Å². The normalized spacial score (nSPS) is 25.9. The molecule has 0 amide bonds. The van der Waals surface area contributed by atoms with Crippen LogP contribution in [0.2, 0.25) is 0 Å². The molecule has 10 nitrogen and oxygen atoms in total. The molecule has 0 bridgehead atoms. The molecule has 0 saturated carbocycles. The van der Waals surface area contributed by atoms with E-state index in [1.807, 2.05) is 0 Å². The van der Waals surface area contributed by atoms with Gasteiger partial charge in [0, 0.05) is 6.42 Å². The van der Waals surface area contributed by atoms with E-state index in [4.69, 9.17) is 20.3 Å². The van der Waals surface area contributed by atoms with Crippen molar-refractivity contribution >= 4 is 24.8 Å². The fraction of sp³-hybridized carbons (Fsp3) is 0.500. The fourth-order valence-corrected chi connectivity index (χ4v) is 2.65. The summed E-state index contributed by atoms with van der Waals surface area (Å²) in [7, 11) is -4.62. The quantitative estimate of drug-likeness (QED) is 0.665. The van der Waals surface area contributed by atoms with Crippen molar-refractivity contribution in [1.29, 1.82) is 0 Å². The lowest BCUT2D eigenvalue weighted by molar-refractivity contribution is -0.0347. The summed E-state index contributed by atoms with van der Waals surface area (Å²) in [5.41, 5.74) is 6.30. The lowest BCUT2D eigenvalue weighted by Gasteiger charge is -2.16. The smallest absolute Gasteiger partial charge is 0.382 e. The molecule has 1 saturated heterocycles. The van der Waals surface area contributed by atoms with Crippen molar-refractivity contribution in [3.8, 4) is 0 Å². The summed E-state index contributed by atoms with van der Waals surface area (Å²) in [5, 5.41) is 0. The van der Waals surface area contributed by atoms with Gasteiger partial charge in [0.05, 0.1) is 19.0 Å². The molecule has 1 aliphatic heterocycles. The van der Waals surface area contributed by atoms with Crippen LogP contribution in [0.15, 0.2) is 12.7 Å². The van der Waals surface area contributed by atoms with E-state index in [-0.39, 0.29) is 12.2 Å². The Morgan fingerprint density at radius 1 is 1.50 bits per heavy atom. The molecule has 3 rings (SSSR count). The summed E-state index contributed by atoms with van der Waals surface area (Å²) >= 11 is 0. The van der Waals surface area contributed by atoms with Crippen LogP contribution in [-0.4, -0.2) is 48.2 Å². The third-order valence-corrected chi connectivity index (χ3v) is 3.70. The maximum absolute atomic E-state index is 14.2. The number of halogens is 1. The Morgan fingerprint density at radius 3 is 3.00 bits per heavy atom. The Labute approximate surface area is 123 Å². The summed E-state index contributed by atoms with van der Waals surface area (Å²) in [6, 6.07) is 0. The minimum Gasteiger partial charge on any atom is -0.382 e. The average molecular weight is 333 g/mol. The highest BCUT2D eigenvalue weighted by Gasteiger charge is 2.38. The van der Waals surface area contributed by atoms with Crippen molar-refractivity contribution in [3.05, 3.63) is 12.7 Å². The zero-order chi connectivity index (χ0) is 15.9. The molecule has 4 N–H and O–H groups in total. The number of aromatic nitrogens is 4. The number of nitrogens with zero attached hydrogens (tertiary/aromatic N) is 4. The number of phosphoric acid groups is 1. The molecule has 0 aromatic carbocycles. The first-order chi connectivity index (χ1) is 10.3. The topological polar surface area (TPSA) is 146 Å². The monoisotopic (exact) mass is 333 g/mol. The third-order valence-electron chi connectivity index (χ3n) is 3.22. The zero-order valence-corrected chi connectivity index (χ0v) is 12.0. The van der Waals surface area contributed by atoms with Gasteiger partial charge in [-0.2, -0.15) is 0 Å². The summed E-state index contributed by atoms with van der Waals surface area (Å²) in [4.78, 5) is 29.1. The van der Waals surface area contributed by atoms with E-state index in [0.29, 0.717) is 11.2 Å². The lowest BCUT2D eigenvalue weighted by Crippen LogP contribution is -2.17. The Bertz CT molecular complexity index is 736. The molecule has 2 aromatic rings. The SMILES string of the molecule is Nc1ncnc2c1ncn2[C@@H]1O[C@H](COP(=O)(O)O)C[C@H]1F. The van der Waals surface area contributed by atoms with Crippen molar-refractivity contribution in [2.45, 2.75) is 24.9 Å². The Kier molecular flexibility index (Phi) is 3.83. The van der Waals surface area contributed by atoms with E-state index in [1.54, 1.807) is 0 Å². The minimum absolute atomic E-state index is 0.0646. The van der Waals surface area contributed by atoms with Crippen molar-refractivity contribution in [2.24, 2.45) is 0 Å². The van der Waals surface area contributed by atoms with E-state index in [2.05, 4.69) is 19.5 Å². The second kappa shape index (κ2) is 5.52. The maximum Gasteiger partial charge on any atom is 0.469 e. The molecule has 120 valence electrons. The molecule has 2 aromatic heterocycles. The van der Waals surface area contributed by atoms with Gasteiger partial charge in [0.25, 0.3) is 0 Å². The number of alkyl halides is 1. The minimum atomic E-state index is -4.62. The van der Waals surface area contributed by atoms with Crippen molar-refractivity contribution in [1.82, 2.24) is 19.5 Å². The predicted molar refractivity (Wildman–Crippen MR) is 71.2 cm³/mol. The van der Waals surface area contributed by atoms with E-state index in [0.717, 1.165) is 0 Å². The number of nitrogens with two attached hydrogens (primary N) is 1. The van der Waals surface area contributed by atoms with Crippen LogP contribution in [0.1, 0.15) is 12.6 Å². The van der Waals surface area contributed by atoms with E-state index >= 15 is 0 Å². The average Bonchev–Trinajstić information content (AvgIpc) is 3.00. The van der Waals surface area contributed by atoms with Gasteiger partial charge in [0.2, 0.25) is 0 Å². The van der Waals surface area contributed by atoms with Crippen molar-refractivity contribution in [3.63, 3.8) is 0 Å². The number of nitrogen functional groups attached to an aromatic ring is 1. The maximum atomic E-state index is 14.2. The molecule has 0 radical (unpaired) electrons. The van der Waals surface area contributed by atoms with Crippen molar-refractivity contribution < 1.29 is 28.0 Å². The molecule has 1 fully saturated rings. The molecule has 0 aliphatic carbocycles. The van der Waals surface area contributed by atoms with E-state index < -0.39 is 32.9 Å². The highest BCUT2D eigenvalue weighted by molar-refractivity contribution is 7.46. The second-order valence-corrected chi connectivity index (χ2v) is 6.01. The molecule has 0 unspecified atom stereocenters. The predicted octanol–water partition coefficient (Wildman–Crippen LogP) is 0.143. The van der Waals surface area contributed by atoms with Gasteiger partial charge in [-0.25, -0.2) is 23.9 Å². The van der Waals surface area contributed by atoms with Crippen molar-refractivity contribution in [2.75, 3.05) is 12.3 Å². The number of hydrogen-bond acceptors (Lipinski definition) is 7. The number of ether oxygens (including phenoxy) is 1. The zero-order valence-electron chi connectivity index (χ0n) is 11.1. The van der Waals surface area contributed by atoms with Gasteiger partial charge in [-0.15, -0.1) is 0 Å². The second-order valence-electron chi connectivity index (χ2n) is 4.77. The molecule has 3 atom stereocenters. The third kappa shape index (κ3) is 2.94. The Morgan fingerprint density at radius 2 is 2.27 bits per heavy atom. The Balaban J connectivity index is 1.80. The number of rotatable bonds is 4. The largest absolute Gasteiger partial charge is 0.469 e. The number of hydrogen-bond donors (Lipinski definition) is 3. The summed E-state index contributed by atoms with van der Waals surface area (Å²) in [6.07, 6.45) is -0.718. The van der Waals surface area contributed by atoms with Gasteiger partial charge >= 0.3 is 7.82 Å². The number of phosphoric ester groups is 1. The molecule has 12 heteroatoms. The standard InChI is InChI=1S/C10H13FN5O5P/c11-6-1-5(2-20-22(17,18)19)21-10(6)16-4-15-7-8(12)13-3-14-9(7)16/h3-6,10H,1-2H2,(H2,12,13,14)(H2,17,18,19)/t5-,6+,10+/m0/s1. The van der Waals surface area contributed by atoms with Crippen LogP contribution in [0.4, 0.5) is 10.2 Å². The van der Waals surface area contributed by atoms with Crippen LogP contribution in [0, 0.1) is 0 Å². The molecule has 3 heterocycles. The lowest BCUT2D eigenvalue weighted by atomic mass is 10.2. The van der Waals surface area contributed by atoms with Crippen LogP contribution in [0.3, 0.4) is 0 Å². The fourth-order valence-electron chi connectivity index (χ4n) is 2.29. The highest BCUT2D eigenvalue weighted by Crippen LogP contribution is 2.39. The van der Waals surface area contributed by atoms with E-state index in [9.17, 15) is 8.96 Å². The van der Waals surface area contributed by atoms with Gasteiger partial charge in [-0.1, -0.05) is 0 Å². The summed E-state index contributed by atoms with van der Waals surface area (Å²) in [6.45, 7) is -0.412. The van der Waals surface area contributed by atoms with Gasteiger partial charge in [-0.3, -0.25) is 9.09 Å². The van der Waals surface area contributed by atoms with Gasteiger partial charge in [-0.05, 0) is 0 Å². The number of imidazole rings is 1. The molecular formula is C10H13FN5O5P. The molecule has 0 spiro atoms. The van der Waals surface area contributed by atoms with Crippen LogP contribution >= 0.6 is 7.82 Å². The van der Waals surface area contributed by atoms with Crippen LogP contribution < -0.4 is 5.73 Å². The van der Waals surface area contributed by atoms with Crippen LogP contribution in [-0.2, 0) is 13.8 Å². The molecule has 1 aliphatic rings. The molecular weight excluding hydrogens is 320 g/mol. The van der Waals surface area contributed by atoms with Crippen LogP contribution in [0.5, 0.6) is 0 Å². The number of fused-ring (bicyclic) bond motifs is 1. The first-order valence-corrected chi connectivity index (χ1v) is 7.81. The summed E-state index contributed by atoms with van der Waals surface area (Å²) in [5.74, 6) is 0.165. The van der Waals surface area contributed by atoms with Gasteiger partial charge in [0.15, 0.2) is 17.7 Å². The highest BCUT2D eigenvalue weighted by atomic mass is 31.2. The Hall–Kier alpha value is -1.65. The molecule has 22 heavy (non-hydrogen) atoms. The summed E-state index contributed by atoms with van der Waals surface area (Å²) < 4.78 is 36.0. The van der Waals surface area contributed by atoms with Gasteiger partial charge in [0.1, 0.15) is 18.0 Å². The van der Waals surface area contributed by atoms with Crippen LogP contribution in [0.25, 0.3) is 11.2 Å². The number of anilines is 1. The first-order valence-electron chi connectivity index (χ1n) is 6.28. The first kappa shape index (κ1) is 15.3.